The molecule has 5 heteroatoms. The lowest BCUT2D eigenvalue weighted by atomic mass is 10.0. The third-order valence-electron chi connectivity index (χ3n) is 5.11. The van der Waals surface area contributed by atoms with Crippen LogP contribution in [0.2, 0.25) is 0 Å². The first kappa shape index (κ1) is 20.4. The van der Waals surface area contributed by atoms with E-state index in [-0.39, 0.29) is 0 Å². The fourth-order valence-electron chi connectivity index (χ4n) is 3.65. The number of nitrogens with two attached hydrogens (primary N) is 1. The Morgan fingerprint density at radius 3 is 2.41 bits per heavy atom. The SMILES string of the molecule is CCN(c1ccc(C(C=CN)=NC)cc1)c1cc(-c2c(C)noc2C)ccc1C. The van der Waals surface area contributed by atoms with Crippen LogP contribution in [0.3, 0.4) is 0 Å². The van der Waals surface area contributed by atoms with Gasteiger partial charge in [0.25, 0.3) is 0 Å². The summed E-state index contributed by atoms with van der Waals surface area (Å²) >= 11 is 0. The zero-order valence-electron chi connectivity index (χ0n) is 17.7. The van der Waals surface area contributed by atoms with Crippen LogP contribution in [0.25, 0.3) is 11.1 Å². The number of hydrogen-bond acceptors (Lipinski definition) is 5. The van der Waals surface area contributed by atoms with E-state index in [4.69, 9.17) is 10.3 Å². The van der Waals surface area contributed by atoms with Crippen molar-refractivity contribution in [3.05, 3.63) is 77.3 Å². The topological polar surface area (TPSA) is 67.7 Å². The maximum atomic E-state index is 5.53. The zero-order chi connectivity index (χ0) is 21.0. The monoisotopic (exact) mass is 388 g/mol. The average Bonchev–Trinajstić information content (AvgIpc) is 3.07. The largest absolute Gasteiger partial charge is 0.405 e. The first-order valence-corrected chi connectivity index (χ1v) is 9.77. The molecule has 1 heterocycles. The summed E-state index contributed by atoms with van der Waals surface area (Å²) < 4.78 is 5.37. The fourth-order valence-corrected chi connectivity index (χ4v) is 3.65. The standard InChI is InChI=1S/C24H28N4O/c1-6-28(21-11-9-19(10-12-21)22(26-5)13-14-25)23-15-20(8-7-16(23)2)24-17(3)27-29-18(24)4/h7-15H,6,25H2,1-5H3. The molecule has 0 bridgehead atoms. The maximum Gasteiger partial charge on any atom is 0.141 e. The number of aromatic nitrogens is 1. The summed E-state index contributed by atoms with van der Waals surface area (Å²) in [4.78, 5) is 6.60. The van der Waals surface area contributed by atoms with Crippen LogP contribution in [-0.2, 0) is 0 Å². The van der Waals surface area contributed by atoms with E-state index in [1.165, 1.54) is 17.5 Å². The Labute approximate surface area is 172 Å². The second-order valence-corrected chi connectivity index (χ2v) is 6.96. The quantitative estimate of drug-likeness (QED) is 0.581. The lowest BCUT2D eigenvalue weighted by Crippen LogP contribution is -2.17. The van der Waals surface area contributed by atoms with E-state index in [2.05, 4.69) is 71.4 Å². The summed E-state index contributed by atoms with van der Waals surface area (Å²) in [7, 11) is 1.77. The van der Waals surface area contributed by atoms with Gasteiger partial charge in [-0.15, -0.1) is 0 Å². The van der Waals surface area contributed by atoms with Gasteiger partial charge in [0.05, 0.1) is 11.4 Å². The van der Waals surface area contributed by atoms with Crippen LogP contribution in [0.1, 0.15) is 29.5 Å². The first-order valence-electron chi connectivity index (χ1n) is 9.77. The Balaban J connectivity index is 2.01. The molecule has 0 saturated carbocycles. The van der Waals surface area contributed by atoms with Gasteiger partial charge in [-0.1, -0.05) is 29.4 Å². The Bertz CT molecular complexity index is 1030. The highest BCUT2D eigenvalue weighted by atomic mass is 16.5. The molecule has 0 spiro atoms. The molecule has 0 amide bonds. The van der Waals surface area contributed by atoms with Gasteiger partial charge >= 0.3 is 0 Å². The molecule has 0 radical (unpaired) electrons. The van der Waals surface area contributed by atoms with Gasteiger partial charge in [-0.25, -0.2) is 0 Å². The Kier molecular flexibility index (Phi) is 6.17. The predicted octanol–water partition coefficient (Wildman–Crippen LogP) is 5.32. The minimum atomic E-state index is 0.837. The molecule has 2 N–H and O–H groups in total. The number of allylic oxidation sites excluding steroid dienone is 1. The second kappa shape index (κ2) is 8.78. The number of aliphatic imine (C=N–C) groups is 1. The lowest BCUT2D eigenvalue weighted by Gasteiger charge is -2.26. The zero-order valence-corrected chi connectivity index (χ0v) is 17.7. The number of benzene rings is 2. The van der Waals surface area contributed by atoms with Gasteiger partial charge in [-0.05, 0) is 74.9 Å². The van der Waals surface area contributed by atoms with Crippen LogP contribution in [0.4, 0.5) is 11.4 Å². The Morgan fingerprint density at radius 1 is 1.14 bits per heavy atom. The predicted molar refractivity (Wildman–Crippen MR) is 121 cm³/mol. The third-order valence-corrected chi connectivity index (χ3v) is 5.11. The smallest absolute Gasteiger partial charge is 0.141 e. The number of rotatable bonds is 6. The van der Waals surface area contributed by atoms with Crippen molar-refractivity contribution >= 4 is 17.1 Å². The number of hydrogen-bond donors (Lipinski definition) is 1. The summed E-state index contributed by atoms with van der Waals surface area (Å²) in [6.45, 7) is 9.07. The normalized spacial score (nSPS) is 12.0. The molecule has 150 valence electrons. The molecule has 0 aliphatic heterocycles. The van der Waals surface area contributed by atoms with Crippen molar-refractivity contribution < 1.29 is 4.52 Å². The van der Waals surface area contributed by atoms with Gasteiger partial charge in [0, 0.05) is 30.5 Å². The van der Waals surface area contributed by atoms with Gasteiger partial charge in [-0.2, -0.15) is 0 Å². The first-order chi connectivity index (χ1) is 14.0. The molecule has 3 rings (SSSR count). The average molecular weight is 389 g/mol. The van der Waals surface area contributed by atoms with E-state index in [0.717, 1.165) is 46.1 Å². The highest BCUT2D eigenvalue weighted by Crippen LogP contribution is 2.34. The molecular formula is C24H28N4O. The van der Waals surface area contributed by atoms with E-state index in [0.29, 0.717) is 0 Å². The van der Waals surface area contributed by atoms with E-state index < -0.39 is 0 Å². The van der Waals surface area contributed by atoms with Crippen molar-refractivity contribution in [1.29, 1.82) is 0 Å². The second-order valence-electron chi connectivity index (χ2n) is 6.96. The van der Waals surface area contributed by atoms with E-state index in [9.17, 15) is 0 Å². The summed E-state index contributed by atoms with van der Waals surface area (Å²) in [6, 6.07) is 14.9. The number of nitrogens with zero attached hydrogens (tertiary/aromatic N) is 3. The van der Waals surface area contributed by atoms with Gasteiger partial charge in [0.1, 0.15) is 5.76 Å². The minimum Gasteiger partial charge on any atom is -0.405 e. The molecule has 0 saturated heterocycles. The van der Waals surface area contributed by atoms with Crippen LogP contribution in [0.5, 0.6) is 0 Å². The van der Waals surface area contributed by atoms with Crippen LogP contribution >= 0.6 is 0 Å². The highest BCUT2D eigenvalue weighted by Gasteiger charge is 2.16. The van der Waals surface area contributed by atoms with Gasteiger partial charge in [-0.3, -0.25) is 4.99 Å². The third kappa shape index (κ3) is 4.09. The van der Waals surface area contributed by atoms with E-state index in [1.807, 2.05) is 19.9 Å². The summed E-state index contributed by atoms with van der Waals surface area (Å²) in [5.74, 6) is 0.837. The van der Waals surface area contributed by atoms with Gasteiger partial charge in [0.15, 0.2) is 0 Å². The Morgan fingerprint density at radius 2 is 1.86 bits per heavy atom. The number of anilines is 2. The Hall–Kier alpha value is -3.34. The summed E-state index contributed by atoms with van der Waals surface area (Å²) in [6.07, 6.45) is 3.32. The molecule has 0 atom stereocenters. The molecule has 2 aromatic carbocycles. The maximum absolute atomic E-state index is 5.53. The van der Waals surface area contributed by atoms with Gasteiger partial charge in [0.2, 0.25) is 0 Å². The van der Waals surface area contributed by atoms with E-state index in [1.54, 1.807) is 7.05 Å². The molecule has 29 heavy (non-hydrogen) atoms. The molecule has 3 aromatic rings. The molecule has 0 aliphatic rings. The summed E-state index contributed by atoms with van der Waals surface area (Å²) in [5.41, 5.74) is 14.0. The molecule has 5 nitrogen and oxygen atoms in total. The fraction of sp³-hybridized carbons (Fsp3) is 0.250. The van der Waals surface area contributed by atoms with Crippen molar-refractivity contribution in [3.8, 4) is 11.1 Å². The van der Waals surface area contributed by atoms with Crippen molar-refractivity contribution in [2.24, 2.45) is 10.7 Å². The van der Waals surface area contributed by atoms with Crippen molar-refractivity contribution in [2.75, 3.05) is 18.5 Å². The summed E-state index contributed by atoms with van der Waals surface area (Å²) in [5, 5.41) is 4.10. The lowest BCUT2D eigenvalue weighted by molar-refractivity contribution is 0.393. The molecule has 0 fully saturated rings. The molecule has 0 aliphatic carbocycles. The van der Waals surface area contributed by atoms with Crippen molar-refractivity contribution in [3.63, 3.8) is 0 Å². The van der Waals surface area contributed by atoms with Gasteiger partial charge < -0.3 is 15.2 Å². The van der Waals surface area contributed by atoms with Crippen LogP contribution in [-0.4, -0.2) is 24.5 Å². The van der Waals surface area contributed by atoms with Crippen molar-refractivity contribution in [2.45, 2.75) is 27.7 Å². The highest BCUT2D eigenvalue weighted by molar-refractivity contribution is 6.08. The molecule has 0 unspecified atom stereocenters. The van der Waals surface area contributed by atoms with Crippen LogP contribution < -0.4 is 10.6 Å². The minimum absolute atomic E-state index is 0.837. The van der Waals surface area contributed by atoms with Crippen LogP contribution in [0.15, 0.2) is 64.3 Å². The van der Waals surface area contributed by atoms with Crippen LogP contribution in [0, 0.1) is 20.8 Å². The van der Waals surface area contributed by atoms with E-state index >= 15 is 0 Å². The number of aryl methyl sites for hydroxylation is 3. The molecule has 1 aromatic heterocycles. The van der Waals surface area contributed by atoms with Crippen molar-refractivity contribution in [1.82, 2.24) is 5.16 Å². The molecular weight excluding hydrogens is 360 g/mol.